The van der Waals surface area contributed by atoms with Gasteiger partial charge in [0.05, 0.1) is 6.54 Å². The number of nitrogens with one attached hydrogen (secondary N) is 1. The number of rotatable bonds is 2. The van der Waals surface area contributed by atoms with Gasteiger partial charge in [0, 0.05) is 11.6 Å². The van der Waals surface area contributed by atoms with Crippen molar-refractivity contribution in [3.63, 3.8) is 0 Å². The van der Waals surface area contributed by atoms with Crippen LogP contribution < -0.4 is 5.32 Å². The van der Waals surface area contributed by atoms with Gasteiger partial charge in [-0.3, -0.25) is 0 Å². The fraction of sp³-hybridized carbons (Fsp3) is 0.125. The molecule has 1 amide bonds. The van der Waals surface area contributed by atoms with Crippen molar-refractivity contribution in [3.8, 4) is 5.75 Å². The van der Waals surface area contributed by atoms with Gasteiger partial charge in [0.15, 0.2) is 4.98 Å². The van der Waals surface area contributed by atoms with Crippen LogP contribution in [0.3, 0.4) is 0 Å². The normalized spacial score (nSPS) is 9.07. The summed E-state index contributed by atoms with van der Waals surface area (Å²) in [6.07, 6.45) is -1.18. The number of diazo groups is 1. The first-order valence-electron chi connectivity index (χ1n) is 3.78. The number of hydrogen-bond donors (Lipinski definition) is 3. The second kappa shape index (κ2) is 4.09. The summed E-state index contributed by atoms with van der Waals surface area (Å²) in [5.41, 5.74) is 0.359. The minimum Gasteiger partial charge on any atom is -0.501 e. The molecule has 1 aromatic carbocycles. The van der Waals surface area contributed by atoms with Crippen LogP contribution in [0.1, 0.15) is 5.56 Å². The van der Waals surface area contributed by atoms with E-state index in [1.54, 1.807) is 6.07 Å². The van der Waals surface area contributed by atoms with Crippen LogP contribution in [0.25, 0.3) is 4.98 Å². The van der Waals surface area contributed by atoms with E-state index in [2.05, 4.69) is 10.3 Å². The summed E-state index contributed by atoms with van der Waals surface area (Å²) in [4.78, 5) is 13.0. The molecule has 6 heteroatoms. The van der Waals surface area contributed by atoms with Crippen molar-refractivity contribution in [2.75, 3.05) is 0 Å². The number of phenolic OH excluding ortho intramolecular Hbond substituents is 1. The molecule has 0 aromatic heterocycles. The van der Waals surface area contributed by atoms with E-state index in [0.717, 1.165) is 0 Å². The van der Waals surface area contributed by atoms with Gasteiger partial charge in [-0.25, -0.2) is 4.79 Å². The van der Waals surface area contributed by atoms with Gasteiger partial charge < -0.3 is 15.5 Å². The predicted molar refractivity (Wildman–Crippen MR) is 47.7 cm³/mol. The fourth-order valence-electron chi connectivity index (χ4n) is 0.972. The Bertz CT molecular complexity index is 397. The Morgan fingerprint density at radius 3 is 2.86 bits per heavy atom. The van der Waals surface area contributed by atoms with Gasteiger partial charge >= 0.3 is 11.8 Å². The monoisotopic (exact) mass is 194 g/mol. The average molecular weight is 194 g/mol. The van der Waals surface area contributed by atoms with Crippen LogP contribution in [0, 0.1) is 5.39 Å². The van der Waals surface area contributed by atoms with E-state index in [0.29, 0.717) is 5.56 Å². The second-order valence-electron chi connectivity index (χ2n) is 2.54. The third kappa shape index (κ3) is 2.10. The van der Waals surface area contributed by atoms with Crippen LogP contribution in [-0.2, 0) is 6.54 Å². The van der Waals surface area contributed by atoms with Gasteiger partial charge in [-0.2, -0.15) is 0 Å². The molecule has 72 valence electrons. The minimum absolute atomic E-state index is 0.00897. The molecule has 6 nitrogen and oxygen atoms in total. The molecule has 0 radical (unpaired) electrons. The summed E-state index contributed by atoms with van der Waals surface area (Å²) in [5, 5.41) is 28.3. The Kier molecular flexibility index (Phi) is 2.86. The van der Waals surface area contributed by atoms with Gasteiger partial charge in [-0.15, -0.1) is 0 Å². The molecule has 0 unspecified atom stereocenters. The van der Waals surface area contributed by atoms with Crippen LogP contribution in [-0.4, -0.2) is 16.3 Å². The summed E-state index contributed by atoms with van der Waals surface area (Å²) < 4.78 is 0. The Morgan fingerprint density at radius 1 is 1.57 bits per heavy atom. The molecule has 0 bridgehead atoms. The third-order valence-corrected chi connectivity index (χ3v) is 1.64. The van der Waals surface area contributed by atoms with Crippen molar-refractivity contribution in [2.45, 2.75) is 6.54 Å². The molecule has 0 fully saturated rings. The molecule has 1 aromatic rings. The quantitative estimate of drug-likeness (QED) is 0.623. The highest BCUT2D eigenvalue weighted by Gasteiger charge is 2.16. The number of phenols is 1. The molecule has 0 atom stereocenters. The van der Waals surface area contributed by atoms with Crippen molar-refractivity contribution < 1.29 is 15.0 Å². The van der Waals surface area contributed by atoms with Gasteiger partial charge in [0.25, 0.3) is 0 Å². The summed E-state index contributed by atoms with van der Waals surface area (Å²) in [5.74, 6) is -0.233. The van der Waals surface area contributed by atoms with E-state index in [9.17, 15) is 9.90 Å². The summed E-state index contributed by atoms with van der Waals surface area (Å²) in [6.45, 7) is -0.0372. The maximum Gasteiger partial charge on any atom is 0.426 e. The lowest BCUT2D eigenvalue weighted by Crippen LogP contribution is -2.19. The Hall–Kier alpha value is -2.29. The van der Waals surface area contributed by atoms with Gasteiger partial charge in [0.2, 0.25) is 11.1 Å². The van der Waals surface area contributed by atoms with Crippen molar-refractivity contribution in [1.29, 1.82) is 5.39 Å². The Labute approximate surface area is 79.4 Å². The number of para-hydroxylation sites is 1. The molecule has 1 rings (SSSR count). The van der Waals surface area contributed by atoms with Gasteiger partial charge in [0.1, 0.15) is 0 Å². The molecule has 0 saturated carbocycles. The van der Waals surface area contributed by atoms with Crippen LogP contribution >= 0.6 is 0 Å². The van der Waals surface area contributed by atoms with E-state index in [4.69, 9.17) is 10.5 Å². The Morgan fingerprint density at radius 2 is 2.29 bits per heavy atom. The summed E-state index contributed by atoms with van der Waals surface area (Å²) in [7, 11) is 0. The molecule has 3 N–H and O–H groups in total. The largest absolute Gasteiger partial charge is 0.501 e. The standard InChI is InChI=1S/C8H7N3O3/c9-11-6-3-1-2-5(7(6)12)4-10-8(13)14/h1-3,10H,4H2,(H-,12,13,14)/p+1. The number of benzene rings is 1. The molecule has 14 heavy (non-hydrogen) atoms. The molecule has 0 spiro atoms. The van der Waals surface area contributed by atoms with Crippen LogP contribution in [0.4, 0.5) is 10.5 Å². The first-order chi connectivity index (χ1) is 6.65. The van der Waals surface area contributed by atoms with E-state index in [1.807, 2.05) is 0 Å². The highest BCUT2D eigenvalue weighted by Crippen LogP contribution is 2.29. The smallest absolute Gasteiger partial charge is 0.426 e. The molecule has 0 aliphatic carbocycles. The first-order valence-corrected chi connectivity index (χ1v) is 3.78. The highest BCUT2D eigenvalue weighted by molar-refractivity contribution is 5.65. The van der Waals surface area contributed by atoms with E-state index < -0.39 is 6.09 Å². The molecular weight excluding hydrogens is 186 g/mol. The molecule has 0 heterocycles. The van der Waals surface area contributed by atoms with Crippen molar-refractivity contribution in [1.82, 2.24) is 5.32 Å². The van der Waals surface area contributed by atoms with Crippen molar-refractivity contribution in [2.24, 2.45) is 0 Å². The fourth-order valence-corrected chi connectivity index (χ4v) is 0.972. The lowest BCUT2D eigenvalue weighted by molar-refractivity contribution is 0.194. The number of hydrogen-bond acceptors (Lipinski definition) is 3. The number of carboxylic acid groups (broad SMARTS) is 1. The topological polar surface area (TPSA) is 97.7 Å². The lowest BCUT2D eigenvalue weighted by atomic mass is 10.2. The number of aromatic hydroxyl groups is 1. The second-order valence-corrected chi connectivity index (χ2v) is 2.54. The number of nitrogens with zero attached hydrogens (tertiary/aromatic N) is 2. The highest BCUT2D eigenvalue weighted by atomic mass is 16.4. The van der Waals surface area contributed by atoms with Crippen LogP contribution in [0.15, 0.2) is 18.2 Å². The van der Waals surface area contributed by atoms with Crippen LogP contribution in [0.5, 0.6) is 5.75 Å². The van der Waals surface area contributed by atoms with Gasteiger partial charge in [-0.1, -0.05) is 12.1 Å². The third-order valence-electron chi connectivity index (χ3n) is 1.64. The maximum absolute atomic E-state index is 10.2. The zero-order chi connectivity index (χ0) is 10.6. The van der Waals surface area contributed by atoms with Crippen molar-refractivity contribution >= 4 is 11.8 Å². The number of amides is 1. The average Bonchev–Trinajstić information content (AvgIpc) is 2.16. The molecular formula is C8H8N3O3+. The SMILES string of the molecule is N#[N+]c1cccc(CNC(=O)O)c1O. The van der Waals surface area contributed by atoms with E-state index >= 15 is 0 Å². The molecule has 0 aliphatic rings. The lowest BCUT2D eigenvalue weighted by Gasteiger charge is -2.01. The first kappa shape index (κ1) is 9.80. The summed E-state index contributed by atoms with van der Waals surface area (Å²) in [6, 6.07) is 4.48. The maximum atomic E-state index is 10.2. The number of carbonyl (C=O) groups is 1. The zero-order valence-electron chi connectivity index (χ0n) is 7.14. The van der Waals surface area contributed by atoms with Crippen LogP contribution in [0.2, 0.25) is 0 Å². The predicted octanol–water partition coefficient (Wildman–Crippen LogP) is 1.64. The van der Waals surface area contributed by atoms with E-state index in [-0.39, 0.29) is 18.0 Å². The van der Waals surface area contributed by atoms with E-state index in [1.165, 1.54) is 12.1 Å². The zero-order valence-corrected chi connectivity index (χ0v) is 7.14. The van der Waals surface area contributed by atoms with Crippen molar-refractivity contribution in [3.05, 3.63) is 28.7 Å². The Balaban J connectivity index is 2.88. The molecule has 0 aliphatic heterocycles. The van der Waals surface area contributed by atoms with Gasteiger partial charge in [-0.05, 0) is 0 Å². The minimum atomic E-state index is -1.18. The summed E-state index contributed by atoms with van der Waals surface area (Å²) >= 11 is 0. The molecule has 0 saturated heterocycles.